The molecule has 0 unspecified atom stereocenters. The molecule has 0 spiro atoms. The first-order valence-corrected chi connectivity index (χ1v) is 11.9. The molecule has 0 N–H and O–H groups in total. The zero-order valence-corrected chi connectivity index (χ0v) is 19.4. The van der Waals surface area contributed by atoms with Crippen LogP contribution in [0.25, 0.3) is 67.2 Å². The highest BCUT2D eigenvalue weighted by molar-refractivity contribution is 6.30. The average molecular weight is 468 g/mol. The number of aromatic nitrogens is 3. The molecule has 6 aromatic rings. The molecule has 1 aliphatic carbocycles. The predicted molar refractivity (Wildman–Crippen MR) is 143 cm³/mol. The molecule has 0 aliphatic heterocycles. The highest BCUT2D eigenvalue weighted by atomic mass is 35.5. The van der Waals surface area contributed by atoms with E-state index in [1.165, 1.54) is 33.0 Å². The summed E-state index contributed by atoms with van der Waals surface area (Å²) >= 11 is 6.28. The van der Waals surface area contributed by atoms with Crippen LogP contribution in [-0.4, -0.2) is 15.0 Å². The molecule has 0 bridgehead atoms. The topological polar surface area (TPSA) is 38.7 Å². The molecule has 1 aromatic heterocycles. The molecule has 164 valence electrons. The van der Waals surface area contributed by atoms with Crippen LogP contribution in [0.4, 0.5) is 0 Å². The van der Waals surface area contributed by atoms with Crippen LogP contribution in [-0.2, 0) is 0 Å². The maximum atomic E-state index is 6.28. The summed E-state index contributed by atoms with van der Waals surface area (Å²) in [6, 6.07) is 37.1. The van der Waals surface area contributed by atoms with E-state index in [0.29, 0.717) is 22.5 Å². The normalized spacial score (nSPS) is 11.6. The fraction of sp³-hybridized carbons (Fsp3) is 0. The fourth-order valence-electron chi connectivity index (χ4n) is 4.91. The summed E-state index contributed by atoms with van der Waals surface area (Å²) < 4.78 is 0. The SMILES string of the molecule is Clc1cccc(-c2nc(-c3ccccc3)nc(-c3ccc4c(c3)-c3cccc5cccc-4c35)n2)c1. The van der Waals surface area contributed by atoms with Crippen LogP contribution in [0.1, 0.15) is 0 Å². The van der Waals surface area contributed by atoms with Crippen molar-refractivity contribution in [2.24, 2.45) is 0 Å². The second-order valence-corrected chi connectivity index (χ2v) is 9.09. The van der Waals surface area contributed by atoms with Crippen molar-refractivity contribution in [3.63, 3.8) is 0 Å². The van der Waals surface area contributed by atoms with E-state index in [9.17, 15) is 0 Å². The minimum Gasteiger partial charge on any atom is -0.208 e. The summed E-state index contributed by atoms with van der Waals surface area (Å²) in [6.45, 7) is 0. The molecule has 1 heterocycles. The summed E-state index contributed by atoms with van der Waals surface area (Å²) in [7, 11) is 0. The second-order valence-electron chi connectivity index (χ2n) is 8.65. The number of nitrogens with zero attached hydrogens (tertiary/aromatic N) is 3. The Labute approximate surface area is 207 Å². The van der Waals surface area contributed by atoms with Crippen molar-refractivity contribution in [2.75, 3.05) is 0 Å². The summed E-state index contributed by atoms with van der Waals surface area (Å²) in [5.74, 6) is 1.87. The fourth-order valence-corrected chi connectivity index (χ4v) is 5.10. The smallest absolute Gasteiger partial charge is 0.164 e. The summed E-state index contributed by atoms with van der Waals surface area (Å²) in [4.78, 5) is 14.6. The van der Waals surface area contributed by atoms with E-state index >= 15 is 0 Å². The number of rotatable bonds is 3. The van der Waals surface area contributed by atoms with E-state index in [2.05, 4.69) is 54.6 Å². The summed E-state index contributed by atoms with van der Waals surface area (Å²) in [5, 5.41) is 3.21. The highest BCUT2D eigenvalue weighted by Gasteiger charge is 2.22. The summed E-state index contributed by atoms with van der Waals surface area (Å²) in [5.41, 5.74) is 7.74. The van der Waals surface area contributed by atoms with Gasteiger partial charge in [-0.15, -0.1) is 0 Å². The lowest BCUT2D eigenvalue weighted by atomic mass is 10.0. The van der Waals surface area contributed by atoms with Gasteiger partial charge in [0.1, 0.15) is 0 Å². The predicted octanol–water partition coefficient (Wildman–Crippen LogP) is 8.33. The highest BCUT2D eigenvalue weighted by Crippen LogP contribution is 2.48. The number of hydrogen-bond acceptors (Lipinski definition) is 3. The van der Waals surface area contributed by atoms with Gasteiger partial charge in [0.2, 0.25) is 0 Å². The van der Waals surface area contributed by atoms with Gasteiger partial charge in [0.25, 0.3) is 0 Å². The Balaban J connectivity index is 1.44. The standard InChI is InChI=1S/C31H18ClN3/c32-23-12-4-11-21(17-23)30-33-29(20-7-2-1-3-8-20)34-31(35-30)22-15-16-24-25-13-5-9-19-10-6-14-26(28(19)25)27(24)18-22/h1-18H. The molecule has 4 heteroatoms. The Morgan fingerprint density at radius 2 is 1.03 bits per heavy atom. The number of halogens is 1. The van der Waals surface area contributed by atoms with Gasteiger partial charge in [-0.25, -0.2) is 15.0 Å². The first kappa shape index (κ1) is 20.1. The molecule has 0 saturated carbocycles. The Morgan fingerprint density at radius 3 is 1.74 bits per heavy atom. The molecule has 0 fully saturated rings. The van der Waals surface area contributed by atoms with E-state index in [1.54, 1.807) is 0 Å². The van der Waals surface area contributed by atoms with Gasteiger partial charge >= 0.3 is 0 Å². The van der Waals surface area contributed by atoms with E-state index < -0.39 is 0 Å². The van der Waals surface area contributed by atoms with Crippen LogP contribution in [0, 0.1) is 0 Å². The van der Waals surface area contributed by atoms with Gasteiger partial charge in [-0.1, -0.05) is 103 Å². The van der Waals surface area contributed by atoms with Crippen LogP contribution in [0.2, 0.25) is 5.02 Å². The monoisotopic (exact) mass is 467 g/mol. The lowest BCUT2D eigenvalue weighted by Gasteiger charge is -2.10. The largest absolute Gasteiger partial charge is 0.208 e. The number of benzene rings is 5. The lowest BCUT2D eigenvalue weighted by Crippen LogP contribution is -2.00. The Hall–Kier alpha value is -4.34. The molecule has 3 nitrogen and oxygen atoms in total. The maximum absolute atomic E-state index is 6.28. The molecule has 0 amide bonds. The molecule has 0 saturated heterocycles. The van der Waals surface area contributed by atoms with Crippen molar-refractivity contribution in [3.8, 4) is 56.4 Å². The zero-order chi connectivity index (χ0) is 23.4. The van der Waals surface area contributed by atoms with E-state index in [1.807, 2.05) is 54.6 Å². The van der Waals surface area contributed by atoms with E-state index in [-0.39, 0.29) is 0 Å². The molecule has 35 heavy (non-hydrogen) atoms. The molecule has 0 atom stereocenters. The molecular formula is C31H18ClN3. The molecule has 0 radical (unpaired) electrons. The Kier molecular flexibility index (Phi) is 4.51. The Morgan fingerprint density at radius 1 is 0.429 bits per heavy atom. The third kappa shape index (κ3) is 3.32. The van der Waals surface area contributed by atoms with Gasteiger partial charge in [0.15, 0.2) is 17.5 Å². The Bertz CT molecular complexity index is 1750. The van der Waals surface area contributed by atoms with Gasteiger partial charge < -0.3 is 0 Å². The van der Waals surface area contributed by atoms with E-state index in [4.69, 9.17) is 26.6 Å². The van der Waals surface area contributed by atoms with Gasteiger partial charge in [-0.05, 0) is 51.2 Å². The molecule has 5 aromatic carbocycles. The van der Waals surface area contributed by atoms with Crippen LogP contribution < -0.4 is 0 Å². The van der Waals surface area contributed by atoms with Crippen LogP contribution in [0.15, 0.2) is 109 Å². The zero-order valence-electron chi connectivity index (χ0n) is 18.6. The maximum Gasteiger partial charge on any atom is 0.164 e. The molecule has 7 rings (SSSR count). The second kappa shape index (κ2) is 7.86. The third-order valence-corrected chi connectivity index (χ3v) is 6.75. The lowest BCUT2D eigenvalue weighted by molar-refractivity contribution is 1.07. The van der Waals surface area contributed by atoms with Crippen LogP contribution >= 0.6 is 11.6 Å². The minimum atomic E-state index is 0.599. The van der Waals surface area contributed by atoms with Gasteiger partial charge in [-0.2, -0.15) is 0 Å². The minimum absolute atomic E-state index is 0.599. The number of fused-ring (bicyclic) bond motifs is 3. The molecular weight excluding hydrogens is 450 g/mol. The van der Waals surface area contributed by atoms with Gasteiger partial charge in [0.05, 0.1) is 0 Å². The van der Waals surface area contributed by atoms with Crippen molar-refractivity contribution in [3.05, 3.63) is 114 Å². The van der Waals surface area contributed by atoms with Crippen molar-refractivity contribution < 1.29 is 0 Å². The summed E-state index contributed by atoms with van der Waals surface area (Å²) in [6.07, 6.45) is 0. The van der Waals surface area contributed by atoms with Crippen molar-refractivity contribution in [1.82, 2.24) is 15.0 Å². The van der Waals surface area contributed by atoms with Crippen LogP contribution in [0.5, 0.6) is 0 Å². The van der Waals surface area contributed by atoms with Crippen molar-refractivity contribution in [2.45, 2.75) is 0 Å². The van der Waals surface area contributed by atoms with Crippen LogP contribution in [0.3, 0.4) is 0 Å². The van der Waals surface area contributed by atoms with Crippen molar-refractivity contribution >= 4 is 22.4 Å². The third-order valence-electron chi connectivity index (χ3n) is 6.51. The first-order valence-electron chi connectivity index (χ1n) is 11.5. The average Bonchev–Trinajstić information content (AvgIpc) is 3.24. The number of hydrogen-bond donors (Lipinski definition) is 0. The van der Waals surface area contributed by atoms with Gasteiger partial charge in [0, 0.05) is 21.7 Å². The first-order chi connectivity index (χ1) is 17.2. The van der Waals surface area contributed by atoms with Crippen molar-refractivity contribution in [1.29, 1.82) is 0 Å². The van der Waals surface area contributed by atoms with Gasteiger partial charge in [-0.3, -0.25) is 0 Å². The quantitative estimate of drug-likeness (QED) is 0.262. The van der Waals surface area contributed by atoms with E-state index in [0.717, 1.165) is 16.7 Å². The molecule has 1 aliphatic rings.